The molecular weight excluding hydrogens is 494 g/mol. The first kappa shape index (κ1) is 30.6. The molecule has 3 rings (SSSR count). The molecule has 1 atom stereocenters. The monoisotopic (exact) mass is 537 g/mol. The van der Waals surface area contributed by atoms with Crippen LogP contribution in [0.15, 0.2) is 76.8 Å². The summed E-state index contributed by atoms with van der Waals surface area (Å²) >= 11 is 0. The van der Waals surface area contributed by atoms with Crippen LogP contribution in [0, 0.1) is 11.3 Å². The van der Waals surface area contributed by atoms with Crippen molar-refractivity contribution < 1.29 is 4.74 Å². The van der Waals surface area contributed by atoms with Gasteiger partial charge in [0, 0.05) is 18.4 Å². The highest BCUT2D eigenvalue weighted by molar-refractivity contribution is 5.70. The Hall–Kier alpha value is -3.91. The summed E-state index contributed by atoms with van der Waals surface area (Å²) in [7, 11) is 0. The van der Waals surface area contributed by atoms with Gasteiger partial charge in [-0.25, -0.2) is 4.98 Å². The maximum Gasteiger partial charge on any atom is 0.257 e. The highest BCUT2D eigenvalue weighted by Gasteiger charge is 2.19. The highest BCUT2D eigenvalue weighted by atomic mass is 16.5. The van der Waals surface area contributed by atoms with Crippen molar-refractivity contribution in [2.75, 3.05) is 0 Å². The minimum atomic E-state index is -0.262. The molecule has 210 valence electrons. The molecule has 0 fully saturated rings. The molecule has 3 aromatic rings. The zero-order valence-electron chi connectivity index (χ0n) is 25.3. The smallest absolute Gasteiger partial charge is 0.257 e. The van der Waals surface area contributed by atoms with Crippen LogP contribution in [0.25, 0.3) is 11.1 Å². The molecule has 0 spiro atoms. The van der Waals surface area contributed by atoms with Crippen molar-refractivity contribution in [2.45, 2.75) is 92.7 Å². The topological polar surface area (TPSA) is 67.9 Å². The maximum atomic E-state index is 14.0. The fourth-order valence-electron chi connectivity index (χ4n) is 4.82. The van der Waals surface area contributed by atoms with Crippen LogP contribution in [0.4, 0.5) is 0 Å². The van der Waals surface area contributed by atoms with Crippen LogP contribution in [-0.4, -0.2) is 15.2 Å². The molecule has 1 aromatic heterocycles. The number of aromatic nitrogens is 2. The summed E-state index contributed by atoms with van der Waals surface area (Å²) < 4.78 is 7.86. The largest absolute Gasteiger partial charge is 0.493 e. The summed E-state index contributed by atoms with van der Waals surface area (Å²) in [6.45, 7) is 16.3. The quantitative estimate of drug-likeness (QED) is 0.193. The van der Waals surface area contributed by atoms with E-state index in [0.29, 0.717) is 18.4 Å². The van der Waals surface area contributed by atoms with Crippen LogP contribution >= 0.6 is 0 Å². The zero-order valence-corrected chi connectivity index (χ0v) is 25.3. The Labute approximate surface area is 239 Å². The lowest BCUT2D eigenvalue weighted by atomic mass is 9.97. The molecule has 0 radical (unpaired) electrons. The normalized spacial score (nSPS) is 13.2. The molecule has 0 aliphatic rings. The molecule has 40 heavy (non-hydrogen) atoms. The van der Waals surface area contributed by atoms with E-state index in [2.05, 4.69) is 19.1 Å². The third-order valence-corrected chi connectivity index (χ3v) is 6.91. The molecule has 1 heterocycles. The number of aryl methyl sites for hydroxylation is 2. The van der Waals surface area contributed by atoms with Gasteiger partial charge >= 0.3 is 0 Å². The number of benzene rings is 2. The van der Waals surface area contributed by atoms with Crippen molar-refractivity contribution in [1.29, 1.82) is 5.26 Å². The average molecular weight is 538 g/mol. The number of hydrogen-bond donors (Lipinski definition) is 0. The van der Waals surface area contributed by atoms with Crippen molar-refractivity contribution in [3.8, 4) is 17.2 Å². The highest BCUT2D eigenvalue weighted by Crippen LogP contribution is 2.25. The molecular formula is C35H43N3O2. The number of allylic oxidation sites excluding steroid dienone is 4. The Bertz CT molecular complexity index is 1480. The zero-order chi connectivity index (χ0) is 29.4. The Morgan fingerprint density at radius 3 is 2.38 bits per heavy atom. The molecule has 0 aliphatic carbocycles. The van der Waals surface area contributed by atoms with E-state index in [1.165, 1.54) is 0 Å². The maximum absolute atomic E-state index is 14.0. The summed E-state index contributed by atoms with van der Waals surface area (Å²) in [5.41, 5.74) is 6.02. The number of nitrogens with zero attached hydrogens (tertiary/aromatic N) is 3. The first-order valence-corrected chi connectivity index (χ1v) is 14.2. The summed E-state index contributed by atoms with van der Waals surface area (Å²) in [5, 5.41) is 9.49. The molecule has 1 unspecified atom stereocenters. The van der Waals surface area contributed by atoms with Gasteiger partial charge in [-0.2, -0.15) is 5.26 Å². The predicted octanol–water partition coefficient (Wildman–Crippen LogP) is 8.11. The minimum Gasteiger partial charge on any atom is -0.493 e. The van der Waals surface area contributed by atoms with Crippen LogP contribution in [0.3, 0.4) is 0 Å². The predicted molar refractivity (Wildman–Crippen MR) is 164 cm³/mol. The van der Waals surface area contributed by atoms with Gasteiger partial charge in [-0.1, -0.05) is 74.9 Å². The molecule has 0 saturated carbocycles. The van der Waals surface area contributed by atoms with Gasteiger partial charge in [0.05, 0.1) is 29.1 Å². The lowest BCUT2D eigenvalue weighted by molar-refractivity contribution is 0.0519. The molecule has 0 saturated heterocycles. The van der Waals surface area contributed by atoms with Gasteiger partial charge in [-0.05, 0) is 76.3 Å². The second-order valence-electron chi connectivity index (χ2n) is 11.3. The Balaban J connectivity index is 1.99. The third kappa shape index (κ3) is 7.60. The number of nitriles is 1. The summed E-state index contributed by atoms with van der Waals surface area (Å²) in [6.07, 6.45) is 6.97. The van der Waals surface area contributed by atoms with E-state index in [0.717, 1.165) is 57.9 Å². The lowest BCUT2D eigenvalue weighted by Crippen LogP contribution is -2.32. The number of hydrogen-bond acceptors (Lipinski definition) is 4. The van der Waals surface area contributed by atoms with E-state index in [4.69, 9.17) is 9.72 Å². The Morgan fingerprint density at radius 1 is 1.10 bits per heavy atom. The van der Waals surface area contributed by atoms with E-state index in [1.54, 1.807) is 0 Å². The van der Waals surface area contributed by atoms with E-state index in [1.807, 2.05) is 108 Å². The Morgan fingerprint density at radius 2 is 1.77 bits per heavy atom. The first-order valence-electron chi connectivity index (χ1n) is 14.2. The summed E-state index contributed by atoms with van der Waals surface area (Å²) in [4.78, 5) is 19.1. The van der Waals surface area contributed by atoms with Crippen LogP contribution in [-0.2, 0) is 24.0 Å². The molecule has 0 aliphatic heterocycles. The standard InChI is InChI=1S/C35H43N3O2/c1-9-13-32-31(22-27-18-20-28(21-19-27)30-15-12-11-14-29(30)23-36)34(39)38(33(10-2)37-32)25(4)17-16-24(3)26(5)40-35(6,7)8/h11-12,14-21,25H,9-10,13,22H2,1-8H3/b17-16?,26-24+. The van der Waals surface area contributed by atoms with Gasteiger partial charge in [0.25, 0.3) is 5.56 Å². The fraction of sp³-hybridized carbons (Fsp3) is 0.400. The van der Waals surface area contributed by atoms with E-state index < -0.39 is 0 Å². The average Bonchev–Trinajstić information content (AvgIpc) is 2.92. The second-order valence-corrected chi connectivity index (χ2v) is 11.3. The van der Waals surface area contributed by atoms with Gasteiger partial charge in [-0.3, -0.25) is 9.36 Å². The van der Waals surface area contributed by atoms with Crippen LogP contribution in [0.1, 0.15) is 96.1 Å². The molecule has 2 aromatic carbocycles. The van der Waals surface area contributed by atoms with Crippen molar-refractivity contribution in [3.05, 3.63) is 111 Å². The van der Waals surface area contributed by atoms with E-state index >= 15 is 0 Å². The Kier molecular flexibility index (Phi) is 10.3. The van der Waals surface area contributed by atoms with Crippen molar-refractivity contribution >= 4 is 0 Å². The SMILES string of the molecule is CCCc1nc(CC)n(C(C)C=C/C(C)=C(\C)OC(C)(C)C)c(=O)c1Cc1ccc(-c2ccccc2C#N)cc1. The van der Waals surface area contributed by atoms with Crippen molar-refractivity contribution in [1.82, 2.24) is 9.55 Å². The van der Waals surface area contributed by atoms with E-state index in [-0.39, 0.29) is 17.2 Å². The van der Waals surface area contributed by atoms with Crippen LogP contribution in [0.5, 0.6) is 0 Å². The summed E-state index contributed by atoms with van der Waals surface area (Å²) in [5.74, 6) is 1.68. The first-order chi connectivity index (χ1) is 19.0. The molecule has 5 nitrogen and oxygen atoms in total. The van der Waals surface area contributed by atoms with Gasteiger partial charge in [0.2, 0.25) is 0 Å². The molecule has 0 amide bonds. The van der Waals surface area contributed by atoms with Gasteiger partial charge in [0.15, 0.2) is 0 Å². The number of ether oxygens (including phenoxy) is 1. The summed E-state index contributed by atoms with van der Waals surface area (Å²) in [6, 6.07) is 17.9. The van der Waals surface area contributed by atoms with Crippen LogP contribution < -0.4 is 5.56 Å². The molecule has 0 bridgehead atoms. The lowest BCUT2D eigenvalue weighted by Gasteiger charge is -2.23. The third-order valence-electron chi connectivity index (χ3n) is 6.91. The minimum absolute atomic E-state index is 0.0237. The van der Waals surface area contributed by atoms with Gasteiger partial charge < -0.3 is 4.74 Å². The fourth-order valence-corrected chi connectivity index (χ4v) is 4.82. The van der Waals surface area contributed by atoms with Crippen molar-refractivity contribution in [2.24, 2.45) is 0 Å². The molecule has 0 N–H and O–H groups in total. The van der Waals surface area contributed by atoms with Gasteiger partial charge in [-0.15, -0.1) is 0 Å². The second kappa shape index (κ2) is 13.4. The number of rotatable bonds is 10. The van der Waals surface area contributed by atoms with E-state index in [9.17, 15) is 10.1 Å². The van der Waals surface area contributed by atoms with Gasteiger partial charge in [0.1, 0.15) is 11.4 Å². The van der Waals surface area contributed by atoms with Crippen molar-refractivity contribution in [3.63, 3.8) is 0 Å². The van der Waals surface area contributed by atoms with Crippen LogP contribution in [0.2, 0.25) is 0 Å². The molecule has 5 heteroatoms.